The average Bonchev–Trinajstić information content (AvgIpc) is 2.60. The van der Waals surface area contributed by atoms with Gasteiger partial charge in [0.2, 0.25) is 0 Å². The van der Waals surface area contributed by atoms with Gasteiger partial charge in [0.25, 0.3) is 0 Å². The lowest BCUT2D eigenvalue weighted by Crippen LogP contribution is -2.17. The summed E-state index contributed by atoms with van der Waals surface area (Å²) in [4.78, 5) is 0. The maximum atomic E-state index is 6.21. The maximum absolute atomic E-state index is 6.21. The van der Waals surface area contributed by atoms with Crippen LogP contribution in [0.25, 0.3) is 5.69 Å². The van der Waals surface area contributed by atoms with Crippen molar-refractivity contribution >= 4 is 27.5 Å². The van der Waals surface area contributed by atoms with Crippen molar-refractivity contribution in [2.24, 2.45) is 0 Å². The Morgan fingerprint density at radius 1 is 1.24 bits per heavy atom. The molecule has 90 valence electrons. The predicted octanol–water partition coefficient (Wildman–Crippen LogP) is 4.59. The number of hydrogen-bond donors (Lipinski definition) is 0. The zero-order valence-electron chi connectivity index (χ0n) is 10.0. The molecule has 17 heavy (non-hydrogen) atoms. The molecule has 0 spiro atoms. The van der Waals surface area contributed by atoms with E-state index in [0.29, 0.717) is 5.02 Å². The minimum absolute atomic E-state index is 0.0121. The van der Waals surface area contributed by atoms with Crippen LogP contribution in [0.5, 0.6) is 0 Å². The predicted molar refractivity (Wildman–Crippen MR) is 75.0 cm³/mol. The number of hydrogen-bond acceptors (Lipinski definition) is 1. The lowest BCUT2D eigenvalue weighted by molar-refractivity contribution is 0.543. The van der Waals surface area contributed by atoms with Crippen molar-refractivity contribution in [2.45, 2.75) is 26.2 Å². The Bertz CT molecular complexity index is 541. The molecule has 0 N–H and O–H groups in total. The molecule has 2 rings (SSSR count). The fourth-order valence-corrected chi connectivity index (χ4v) is 2.28. The van der Waals surface area contributed by atoms with Crippen LogP contribution in [0.4, 0.5) is 0 Å². The van der Waals surface area contributed by atoms with E-state index in [9.17, 15) is 0 Å². The largest absolute Gasteiger partial charge is 0.235 e. The molecule has 0 atom stereocenters. The van der Waals surface area contributed by atoms with Crippen LogP contribution in [0.15, 0.2) is 34.9 Å². The Labute approximate surface area is 115 Å². The molecule has 0 fully saturated rings. The number of rotatable bonds is 1. The average molecular weight is 314 g/mol. The van der Waals surface area contributed by atoms with Gasteiger partial charge in [-0.15, -0.1) is 0 Å². The number of para-hydroxylation sites is 1. The van der Waals surface area contributed by atoms with Crippen molar-refractivity contribution in [3.63, 3.8) is 0 Å². The Morgan fingerprint density at radius 3 is 2.47 bits per heavy atom. The Balaban J connectivity index is 2.64. The molecule has 1 aromatic heterocycles. The highest BCUT2D eigenvalue weighted by Gasteiger charge is 2.22. The first kappa shape index (κ1) is 12.7. The highest BCUT2D eigenvalue weighted by molar-refractivity contribution is 9.10. The zero-order valence-corrected chi connectivity index (χ0v) is 12.4. The second kappa shape index (κ2) is 4.46. The lowest BCUT2D eigenvalue weighted by Gasteiger charge is -2.20. The van der Waals surface area contributed by atoms with Crippen molar-refractivity contribution in [1.29, 1.82) is 0 Å². The summed E-state index contributed by atoms with van der Waals surface area (Å²) in [5.74, 6) is 0. The minimum Gasteiger partial charge on any atom is -0.235 e. The zero-order chi connectivity index (χ0) is 12.6. The molecule has 0 aliphatic carbocycles. The highest BCUT2D eigenvalue weighted by Crippen LogP contribution is 2.30. The summed E-state index contributed by atoms with van der Waals surface area (Å²) in [5.41, 5.74) is 2.04. The SMILES string of the molecule is CC(C)(C)c1cc(Br)nn1-c1ccccc1Cl. The van der Waals surface area contributed by atoms with Gasteiger partial charge in [0, 0.05) is 5.41 Å². The van der Waals surface area contributed by atoms with Gasteiger partial charge in [-0.05, 0) is 34.1 Å². The molecule has 0 saturated carbocycles. The summed E-state index contributed by atoms with van der Waals surface area (Å²) in [6, 6.07) is 9.75. The topological polar surface area (TPSA) is 17.8 Å². The quantitative estimate of drug-likeness (QED) is 0.753. The van der Waals surface area contributed by atoms with E-state index in [1.54, 1.807) is 0 Å². The lowest BCUT2D eigenvalue weighted by atomic mass is 9.92. The van der Waals surface area contributed by atoms with Gasteiger partial charge < -0.3 is 0 Å². The second-order valence-corrected chi connectivity index (χ2v) is 6.19. The summed E-state index contributed by atoms with van der Waals surface area (Å²) in [6.45, 7) is 6.47. The molecule has 0 radical (unpaired) electrons. The van der Waals surface area contributed by atoms with Crippen molar-refractivity contribution < 1.29 is 0 Å². The van der Waals surface area contributed by atoms with Crippen LogP contribution in [-0.2, 0) is 5.41 Å². The van der Waals surface area contributed by atoms with Gasteiger partial charge in [-0.1, -0.05) is 44.5 Å². The number of halogens is 2. The van der Waals surface area contributed by atoms with Crippen molar-refractivity contribution in [1.82, 2.24) is 9.78 Å². The van der Waals surface area contributed by atoms with E-state index in [1.807, 2.05) is 35.0 Å². The van der Waals surface area contributed by atoms with Crippen LogP contribution < -0.4 is 0 Å². The van der Waals surface area contributed by atoms with E-state index in [1.165, 1.54) is 0 Å². The molecule has 0 aliphatic rings. The second-order valence-electron chi connectivity index (χ2n) is 4.97. The molecular weight excluding hydrogens is 300 g/mol. The molecule has 2 nitrogen and oxygen atoms in total. The molecule has 4 heteroatoms. The van der Waals surface area contributed by atoms with Crippen LogP contribution in [0.2, 0.25) is 5.02 Å². The molecular formula is C13H14BrClN2. The van der Waals surface area contributed by atoms with Crippen LogP contribution in [0, 0.1) is 0 Å². The molecule has 0 bridgehead atoms. The van der Waals surface area contributed by atoms with Gasteiger partial charge in [0.05, 0.1) is 16.4 Å². The normalized spacial score (nSPS) is 11.8. The summed E-state index contributed by atoms with van der Waals surface area (Å²) in [6.07, 6.45) is 0. The molecule has 2 aromatic rings. The van der Waals surface area contributed by atoms with Gasteiger partial charge >= 0.3 is 0 Å². The van der Waals surface area contributed by atoms with E-state index in [0.717, 1.165) is 16.0 Å². The summed E-state index contributed by atoms with van der Waals surface area (Å²) in [5, 5.41) is 5.16. The third-order valence-electron chi connectivity index (χ3n) is 2.53. The van der Waals surface area contributed by atoms with Crippen molar-refractivity contribution in [3.05, 3.63) is 45.7 Å². The minimum atomic E-state index is 0.0121. The van der Waals surface area contributed by atoms with Crippen molar-refractivity contribution in [2.75, 3.05) is 0 Å². The molecule has 0 unspecified atom stereocenters. The molecule has 1 aromatic carbocycles. The first-order chi connectivity index (χ1) is 7.89. The monoisotopic (exact) mass is 312 g/mol. The van der Waals surface area contributed by atoms with E-state index >= 15 is 0 Å². The molecule has 0 aliphatic heterocycles. The van der Waals surface area contributed by atoms with Crippen LogP contribution in [0.3, 0.4) is 0 Å². The Morgan fingerprint density at radius 2 is 1.88 bits per heavy atom. The third-order valence-corrected chi connectivity index (χ3v) is 3.24. The van der Waals surface area contributed by atoms with E-state index in [4.69, 9.17) is 11.6 Å². The van der Waals surface area contributed by atoms with Gasteiger partial charge in [0.15, 0.2) is 0 Å². The van der Waals surface area contributed by atoms with E-state index in [2.05, 4.69) is 41.8 Å². The number of benzene rings is 1. The first-order valence-electron chi connectivity index (χ1n) is 5.40. The number of nitrogens with zero attached hydrogens (tertiary/aromatic N) is 2. The highest BCUT2D eigenvalue weighted by atomic mass is 79.9. The third kappa shape index (κ3) is 2.55. The standard InChI is InChI=1S/C13H14BrClN2/c1-13(2,3)11-8-12(14)16-17(11)10-7-5-4-6-9(10)15/h4-8H,1-3H3. The summed E-state index contributed by atoms with van der Waals surface area (Å²) < 4.78 is 2.72. The first-order valence-corrected chi connectivity index (χ1v) is 6.57. The fraction of sp³-hybridized carbons (Fsp3) is 0.308. The Kier molecular flexibility index (Phi) is 3.32. The van der Waals surface area contributed by atoms with Crippen LogP contribution >= 0.6 is 27.5 Å². The van der Waals surface area contributed by atoms with Crippen LogP contribution in [0.1, 0.15) is 26.5 Å². The summed E-state index contributed by atoms with van der Waals surface area (Å²) >= 11 is 9.64. The van der Waals surface area contributed by atoms with Gasteiger partial charge in [-0.25, -0.2) is 4.68 Å². The molecule has 0 saturated heterocycles. The van der Waals surface area contributed by atoms with Crippen molar-refractivity contribution in [3.8, 4) is 5.69 Å². The molecule has 1 heterocycles. The molecule has 0 amide bonds. The number of aromatic nitrogens is 2. The van der Waals surface area contributed by atoms with Gasteiger partial charge in [0.1, 0.15) is 4.60 Å². The van der Waals surface area contributed by atoms with E-state index < -0.39 is 0 Å². The van der Waals surface area contributed by atoms with Gasteiger partial charge in [-0.3, -0.25) is 0 Å². The smallest absolute Gasteiger partial charge is 0.128 e. The maximum Gasteiger partial charge on any atom is 0.128 e. The van der Waals surface area contributed by atoms with Gasteiger partial charge in [-0.2, -0.15) is 5.10 Å². The fourth-order valence-electron chi connectivity index (χ4n) is 1.69. The Hall–Kier alpha value is -0.800. The summed E-state index contributed by atoms with van der Waals surface area (Å²) in [7, 11) is 0. The van der Waals surface area contributed by atoms with E-state index in [-0.39, 0.29) is 5.41 Å². The van der Waals surface area contributed by atoms with Crippen LogP contribution in [-0.4, -0.2) is 9.78 Å².